The Kier molecular flexibility index (Phi) is 32.6. The first-order valence-electron chi connectivity index (χ1n) is 22.4. The predicted octanol–water partition coefficient (Wildman–Crippen LogP) is 8.84. The first-order chi connectivity index (χ1) is 27.5. The molecule has 6 atom stereocenters. The summed E-state index contributed by atoms with van der Waals surface area (Å²) in [6, 6.07) is 0. The van der Waals surface area contributed by atoms with E-state index in [9.17, 15) is 37.9 Å². The Morgan fingerprint density at radius 3 is 1.51 bits per heavy atom. The molecule has 0 saturated carbocycles. The zero-order valence-corrected chi connectivity index (χ0v) is 36.3. The second-order valence-corrected chi connectivity index (χ2v) is 17.2. The van der Waals surface area contributed by atoms with Crippen molar-refractivity contribution < 1.29 is 56.8 Å². The van der Waals surface area contributed by atoms with Gasteiger partial charge in [0.2, 0.25) is 0 Å². The van der Waals surface area contributed by atoms with Gasteiger partial charge in [0.15, 0.2) is 12.4 Å². The van der Waals surface area contributed by atoms with Gasteiger partial charge in [-0.15, -0.1) is 0 Å². The Morgan fingerprint density at radius 1 is 0.579 bits per heavy atom. The molecule has 57 heavy (non-hydrogen) atoms. The van der Waals surface area contributed by atoms with Gasteiger partial charge < -0.3 is 34.3 Å². The van der Waals surface area contributed by atoms with Crippen molar-refractivity contribution in [1.82, 2.24) is 0 Å². The number of hydrogen-bond donors (Lipinski definition) is 4. The molecule has 1 rings (SSSR count). The third-order valence-electron chi connectivity index (χ3n) is 10.3. The number of esters is 2. The van der Waals surface area contributed by atoms with E-state index in [-0.39, 0.29) is 19.4 Å². The molecule has 0 bridgehead atoms. The number of rotatable bonds is 37. The average Bonchev–Trinajstić information content (AvgIpc) is 3.17. The van der Waals surface area contributed by atoms with Gasteiger partial charge in [0, 0.05) is 12.8 Å². The van der Waals surface area contributed by atoms with Crippen LogP contribution < -0.4 is 0 Å². The fraction of sp³-hybridized carbons (Fsp3) is 0.864. The molecule has 2 unspecified atom stereocenters. The molecule has 334 valence electrons. The van der Waals surface area contributed by atoms with Crippen molar-refractivity contribution in [3.63, 3.8) is 0 Å². The second-order valence-electron chi connectivity index (χ2n) is 15.7. The molecule has 13 heteroatoms. The van der Waals surface area contributed by atoms with E-state index < -0.39 is 71.2 Å². The van der Waals surface area contributed by atoms with Crippen molar-refractivity contribution >= 4 is 22.1 Å². The summed E-state index contributed by atoms with van der Waals surface area (Å²) in [4.78, 5) is 25.4. The molecule has 0 aromatic heterocycles. The van der Waals surface area contributed by atoms with Crippen LogP contribution in [0.5, 0.6) is 0 Å². The molecule has 0 aromatic rings. The highest BCUT2D eigenvalue weighted by Gasteiger charge is 2.46. The summed E-state index contributed by atoms with van der Waals surface area (Å²) in [5, 5.41) is 30.8. The number of unbranched alkanes of at least 4 members (excludes halogenated alkanes) is 21. The SMILES string of the molecule is CCCC/C=C/CCCCCCCCCCCC(=O)O[C@H](COC(=O)CCCCCCC/C=C/CCCCCCC)CO[C@H]1O[C@H](CS(=O)(=O)O)[C@@H](O)C(O)C1O. The number of aliphatic hydroxyl groups is 3. The zero-order chi connectivity index (χ0) is 42.0. The lowest BCUT2D eigenvalue weighted by Crippen LogP contribution is -2.60. The fourth-order valence-electron chi connectivity index (χ4n) is 6.71. The quantitative estimate of drug-likeness (QED) is 0.0202. The van der Waals surface area contributed by atoms with Gasteiger partial charge in [-0.05, 0) is 57.8 Å². The first kappa shape index (κ1) is 53.1. The van der Waals surface area contributed by atoms with Crippen LogP contribution in [0.1, 0.15) is 187 Å². The van der Waals surface area contributed by atoms with E-state index in [1.807, 2.05) is 0 Å². The maximum absolute atomic E-state index is 12.8. The highest BCUT2D eigenvalue weighted by Crippen LogP contribution is 2.24. The number of aliphatic hydroxyl groups excluding tert-OH is 3. The van der Waals surface area contributed by atoms with Gasteiger partial charge in [-0.3, -0.25) is 14.1 Å². The van der Waals surface area contributed by atoms with Crippen LogP contribution in [0.2, 0.25) is 0 Å². The molecule has 4 N–H and O–H groups in total. The molecule has 0 aromatic carbocycles. The third kappa shape index (κ3) is 29.9. The van der Waals surface area contributed by atoms with Crippen LogP contribution in [0, 0.1) is 0 Å². The van der Waals surface area contributed by atoms with Crippen LogP contribution >= 0.6 is 0 Å². The summed E-state index contributed by atoms with van der Waals surface area (Å²) in [7, 11) is -4.60. The largest absolute Gasteiger partial charge is 0.462 e. The standard InChI is InChI=1S/C44H80O12S/c1-3-5-7-9-11-13-15-17-19-21-23-25-27-29-31-33-40(46)55-37(35-54-44-43(49)42(48)41(47)38(56-44)36-57(50,51)52)34-53-39(45)32-30-28-26-24-22-20-18-16-14-12-10-8-6-4-2/h9,11,16,18,37-38,41-44,47-49H,3-8,10,12-15,17,19-36H2,1-2H3,(H,50,51,52)/b11-9+,18-16+/t37-,38-,41-,42?,43?,44+/m1/s1. The van der Waals surface area contributed by atoms with E-state index in [4.69, 9.17) is 18.9 Å². The molecule has 1 aliphatic heterocycles. The first-order valence-corrected chi connectivity index (χ1v) is 24.0. The van der Waals surface area contributed by atoms with Gasteiger partial charge in [0.05, 0.1) is 6.61 Å². The lowest BCUT2D eigenvalue weighted by atomic mass is 10.00. The lowest BCUT2D eigenvalue weighted by molar-refractivity contribution is -0.297. The topological polar surface area (TPSA) is 186 Å². The van der Waals surface area contributed by atoms with Crippen LogP contribution in [0.4, 0.5) is 0 Å². The molecule has 1 saturated heterocycles. The minimum atomic E-state index is -4.60. The monoisotopic (exact) mass is 833 g/mol. The van der Waals surface area contributed by atoms with E-state index in [1.165, 1.54) is 83.5 Å². The Hall–Kier alpha value is -1.87. The number of hydrogen-bond acceptors (Lipinski definition) is 11. The minimum Gasteiger partial charge on any atom is -0.462 e. The summed E-state index contributed by atoms with van der Waals surface area (Å²) in [6.45, 7) is 3.71. The molecule has 1 fully saturated rings. The zero-order valence-electron chi connectivity index (χ0n) is 35.4. The van der Waals surface area contributed by atoms with Crippen molar-refractivity contribution in [1.29, 1.82) is 0 Å². The highest BCUT2D eigenvalue weighted by atomic mass is 32.2. The predicted molar refractivity (Wildman–Crippen MR) is 224 cm³/mol. The van der Waals surface area contributed by atoms with Crippen molar-refractivity contribution in [2.45, 2.75) is 224 Å². The van der Waals surface area contributed by atoms with E-state index in [1.54, 1.807) is 0 Å². The van der Waals surface area contributed by atoms with E-state index in [0.717, 1.165) is 64.2 Å². The van der Waals surface area contributed by atoms with Gasteiger partial charge in [-0.25, -0.2) is 0 Å². The molecule has 12 nitrogen and oxygen atoms in total. The summed E-state index contributed by atoms with van der Waals surface area (Å²) in [5.41, 5.74) is 0. The lowest BCUT2D eigenvalue weighted by Gasteiger charge is -2.40. The van der Waals surface area contributed by atoms with Crippen molar-refractivity contribution in [2.24, 2.45) is 0 Å². The van der Waals surface area contributed by atoms with Crippen LogP contribution in [0.3, 0.4) is 0 Å². The summed E-state index contributed by atoms with van der Waals surface area (Å²) in [5.74, 6) is -1.99. The number of carbonyl (C=O) groups is 2. The normalized spacial score (nSPS) is 20.7. The number of carbonyl (C=O) groups excluding carboxylic acids is 2. The van der Waals surface area contributed by atoms with Gasteiger partial charge in [-0.2, -0.15) is 8.42 Å². The van der Waals surface area contributed by atoms with Crippen LogP contribution in [-0.2, 0) is 38.7 Å². The molecule has 1 heterocycles. The molecular weight excluding hydrogens is 753 g/mol. The van der Waals surface area contributed by atoms with Crippen molar-refractivity contribution in [3.05, 3.63) is 24.3 Å². The molecule has 1 aliphatic rings. The van der Waals surface area contributed by atoms with Crippen molar-refractivity contribution in [2.75, 3.05) is 19.0 Å². The summed E-state index contributed by atoms with van der Waals surface area (Å²) in [6.07, 6.45) is 27.9. The van der Waals surface area contributed by atoms with Gasteiger partial charge in [-0.1, -0.05) is 141 Å². The Morgan fingerprint density at radius 2 is 1.02 bits per heavy atom. The summed E-state index contributed by atoms with van der Waals surface area (Å²) < 4.78 is 54.0. The molecular formula is C44H80O12S. The molecule has 0 aliphatic carbocycles. The molecule has 0 amide bonds. The minimum absolute atomic E-state index is 0.162. The van der Waals surface area contributed by atoms with Gasteiger partial charge >= 0.3 is 11.9 Å². The molecule has 0 radical (unpaired) electrons. The van der Waals surface area contributed by atoms with Gasteiger partial charge in [0.25, 0.3) is 10.1 Å². The van der Waals surface area contributed by atoms with Crippen LogP contribution in [0.15, 0.2) is 24.3 Å². The number of ether oxygens (including phenoxy) is 4. The van der Waals surface area contributed by atoms with Gasteiger partial charge in [0.1, 0.15) is 36.8 Å². The Labute approximate surface area is 345 Å². The van der Waals surface area contributed by atoms with E-state index >= 15 is 0 Å². The van der Waals surface area contributed by atoms with Crippen molar-refractivity contribution in [3.8, 4) is 0 Å². The smallest absolute Gasteiger partial charge is 0.306 e. The maximum Gasteiger partial charge on any atom is 0.306 e. The molecule has 0 spiro atoms. The number of allylic oxidation sites excluding steroid dienone is 4. The fourth-order valence-corrected chi connectivity index (χ4v) is 7.40. The van der Waals surface area contributed by atoms with Crippen LogP contribution in [-0.4, -0.2) is 96.0 Å². The average molecular weight is 833 g/mol. The summed E-state index contributed by atoms with van der Waals surface area (Å²) >= 11 is 0. The highest BCUT2D eigenvalue weighted by molar-refractivity contribution is 7.85. The maximum atomic E-state index is 12.8. The Balaban J connectivity index is 2.46. The van der Waals surface area contributed by atoms with Crippen LogP contribution in [0.25, 0.3) is 0 Å². The van der Waals surface area contributed by atoms with E-state index in [2.05, 4.69) is 38.2 Å². The Bertz CT molecular complexity index is 1160. The second kappa shape index (κ2) is 34.9. The third-order valence-corrected chi connectivity index (χ3v) is 11.0. The van der Waals surface area contributed by atoms with E-state index in [0.29, 0.717) is 12.8 Å².